The summed E-state index contributed by atoms with van der Waals surface area (Å²) in [4.78, 5) is 37.3. The van der Waals surface area contributed by atoms with E-state index in [1.807, 2.05) is 68.0 Å². The molecule has 0 atom stereocenters. The van der Waals surface area contributed by atoms with Gasteiger partial charge in [0.1, 0.15) is 17.6 Å². The molecule has 1 amide bonds. The molecule has 8 nitrogen and oxygen atoms in total. The highest BCUT2D eigenvalue weighted by Gasteiger charge is 2.31. The van der Waals surface area contributed by atoms with E-state index in [4.69, 9.17) is 4.74 Å². The van der Waals surface area contributed by atoms with Crippen LogP contribution in [0.2, 0.25) is 0 Å². The molecular weight excluding hydrogens is 486 g/mol. The largest absolute Gasteiger partial charge is 0.443 e. The first-order chi connectivity index (χ1) is 17.7. The van der Waals surface area contributed by atoms with Gasteiger partial charge >= 0.3 is 6.09 Å². The third kappa shape index (κ3) is 7.11. The first-order valence-corrected chi connectivity index (χ1v) is 14.0. The van der Waals surface area contributed by atoms with Gasteiger partial charge < -0.3 is 9.64 Å². The average molecular weight is 524 g/mol. The summed E-state index contributed by atoms with van der Waals surface area (Å²) >= 11 is 1.90. The lowest BCUT2D eigenvalue weighted by molar-refractivity contribution is 0.0498. The van der Waals surface area contributed by atoms with Crippen LogP contribution in [0.15, 0.2) is 49.1 Å². The van der Waals surface area contributed by atoms with Crippen molar-refractivity contribution in [2.24, 2.45) is 0 Å². The number of imidazole rings is 1. The lowest BCUT2D eigenvalue weighted by atomic mass is 10.0. The fourth-order valence-corrected chi connectivity index (χ4v) is 5.57. The van der Waals surface area contributed by atoms with Crippen LogP contribution in [0.3, 0.4) is 0 Å². The van der Waals surface area contributed by atoms with Gasteiger partial charge in [-0.1, -0.05) is 49.6 Å². The summed E-state index contributed by atoms with van der Waals surface area (Å²) in [6, 6.07) is 9.78. The Morgan fingerprint density at radius 3 is 2.57 bits per heavy atom. The molecule has 3 heterocycles. The Morgan fingerprint density at radius 1 is 1.14 bits per heavy atom. The van der Waals surface area contributed by atoms with Crippen molar-refractivity contribution in [2.45, 2.75) is 71.6 Å². The molecule has 1 aliphatic rings. The number of carbonyl (C=O) groups is 2. The van der Waals surface area contributed by atoms with E-state index in [1.54, 1.807) is 12.4 Å². The highest BCUT2D eigenvalue weighted by molar-refractivity contribution is 7.97. The second-order valence-corrected chi connectivity index (χ2v) is 11.6. The van der Waals surface area contributed by atoms with E-state index in [0.29, 0.717) is 11.4 Å². The fourth-order valence-electron chi connectivity index (χ4n) is 4.42. The van der Waals surface area contributed by atoms with Gasteiger partial charge in [-0.25, -0.2) is 14.3 Å². The standard InChI is InChI=1S/C28H37N5O3S/c1-5-6-15-37-31-13-11-23(12-14-31)32(19-24-18-29-20-33(24)27(35)36-28(2,3)4)26(34)25-16-21-9-7-8-10-22(21)17-30-25/h7-10,16-18,20,23H,5-6,11-15,19H2,1-4H3. The van der Waals surface area contributed by atoms with Crippen LogP contribution in [-0.4, -0.2) is 66.2 Å². The van der Waals surface area contributed by atoms with Crippen LogP contribution in [0, 0.1) is 0 Å². The predicted molar refractivity (Wildman–Crippen MR) is 147 cm³/mol. The maximum Gasteiger partial charge on any atom is 0.420 e. The van der Waals surface area contributed by atoms with Crippen molar-refractivity contribution in [1.29, 1.82) is 0 Å². The van der Waals surface area contributed by atoms with Gasteiger partial charge in [0, 0.05) is 36.5 Å². The van der Waals surface area contributed by atoms with E-state index in [2.05, 4.69) is 21.2 Å². The second-order valence-electron chi connectivity index (χ2n) is 10.4. The maximum atomic E-state index is 13.9. The van der Waals surface area contributed by atoms with Gasteiger partial charge in [0.2, 0.25) is 0 Å². The van der Waals surface area contributed by atoms with Gasteiger partial charge in [0.25, 0.3) is 5.91 Å². The van der Waals surface area contributed by atoms with Crippen molar-refractivity contribution in [2.75, 3.05) is 18.8 Å². The van der Waals surface area contributed by atoms with Crippen molar-refractivity contribution < 1.29 is 14.3 Å². The molecule has 0 unspecified atom stereocenters. The lowest BCUT2D eigenvalue weighted by Gasteiger charge is -2.38. The van der Waals surface area contributed by atoms with Crippen LogP contribution in [0.1, 0.15) is 69.6 Å². The fraction of sp³-hybridized carbons (Fsp3) is 0.500. The molecule has 0 radical (unpaired) electrons. The Labute approximate surface area is 223 Å². The van der Waals surface area contributed by atoms with Gasteiger partial charge in [-0.2, -0.15) is 0 Å². The normalized spacial score (nSPS) is 15.1. The number of hydrogen-bond donors (Lipinski definition) is 0. The van der Waals surface area contributed by atoms with Gasteiger partial charge in [-0.05, 0) is 51.5 Å². The Kier molecular flexibility index (Phi) is 8.87. The second kappa shape index (κ2) is 12.1. The zero-order chi connectivity index (χ0) is 26.4. The smallest absolute Gasteiger partial charge is 0.420 e. The molecule has 4 rings (SSSR count). The van der Waals surface area contributed by atoms with Crippen molar-refractivity contribution in [3.63, 3.8) is 0 Å². The number of fused-ring (bicyclic) bond motifs is 1. The molecule has 9 heteroatoms. The van der Waals surface area contributed by atoms with E-state index >= 15 is 0 Å². The number of hydrogen-bond acceptors (Lipinski definition) is 7. The quantitative estimate of drug-likeness (QED) is 0.274. The number of carbonyl (C=O) groups excluding carboxylic acids is 2. The highest BCUT2D eigenvalue weighted by atomic mass is 32.2. The number of benzene rings is 1. The van der Waals surface area contributed by atoms with E-state index in [-0.39, 0.29) is 18.5 Å². The van der Waals surface area contributed by atoms with Crippen LogP contribution >= 0.6 is 11.9 Å². The number of amides is 1. The minimum absolute atomic E-state index is 0.0331. The molecule has 0 spiro atoms. The third-order valence-electron chi connectivity index (χ3n) is 6.38. The number of nitrogens with zero attached hydrogens (tertiary/aromatic N) is 5. The minimum atomic E-state index is -0.634. The molecule has 198 valence electrons. The van der Waals surface area contributed by atoms with Gasteiger partial charge in [0.15, 0.2) is 0 Å². The van der Waals surface area contributed by atoms with Crippen LogP contribution < -0.4 is 0 Å². The average Bonchev–Trinajstić information content (AvgIpc) is 3.35. The Balaban J connectivity index is 1.57. The molecule has 1 aliphatic heterocycles. The highest BCUT2D eigenvalue weighted by Crippen LogP contribution is 2.26. The zero-order valence-corrected chi connectivity index (χ0v) is 23.0. The van der Waals surface area contributed by atoms with Gasteiger partial charge in [-0.3, -0.25) is 14.1 Å². The number of pyridine rings is 1. The SMILES string of the molecule is CCCCSN1CCC(N(Cc2cncn2C(=O)OC(C)(C)C)C(=O)c2cc3ccccc3cn2)CC1. The topological polar surface area (TPSA) is 80.6 Å². The molecule has 1 aromatic carbocycles. The number of unbranched alkanes of at least 4 members (excludes halogenated alkanes) is 1. The van der Waals surface area contributed by atoms with E-state index in [9.17, 15) is 9.59 Å². The summed E-state index contributed by atoms with van der Waals surface area (Å²) < 4.78 is 9.37. The van der Waals surface area contributed by atoms with E-state index < -0.39 is 11.7 Å². The van der Waals surface area contributed by atoms with Crippen molar-refractivity contribution in [3.05, 3.63) is 60.4 Å². The van der Waals surface area contributed by atoms with Crippen LogP contribution in [-0.2, 0) is 11.3 Å². The lowest BCUT2D eigenvalue weighted by Crippen LogP contribution is -2.46. The molecule has 3 aromatic rings. The summed E-state index contributed by atoms with van der Waals surface area (Å²) in [6.07, 6.45) is 8.45. The molecule has 0 saturated carbocycles. The molecule has 37 heavy (non-hydrogen) atoms. The van der Waals surface area contributed by atoms with Crippen molar-refractivity contribution >= 4 is 34.7 Å². The first-order valence-electron chi connectivity index (χ1n) is 13.0. The minimum Gasteiger partial charge on any atom is -0.443 e. The molecule has 1 fully saturated rings. The summed E-state index contributed by atoms with van der Waals surface area (Å²) in [5.41, 5.74) is 0.385. The van der Waals surface area contributed by atoms with Crippen LogP contribution in [0.5, 0.6) is 0 Å². The third-order valence-corrected chi connectivity index (χ3v) is 7.59. The summed E-state index contributed by atoms with van der Waals surface area (Å²) in [5.74, 6) is 0.986. The van der Waals surface area contributed by atoms with Gasteiger partial charge in [0.05, 0.1) is 18.4 Å². The maximum absolute atomic E-state index is 13.9. The number of ether oxygens (including phenoxy) is 1. The predicted octanol–water partition coefficient (Wildman–Crippen LogP) is 5.77. The van der Waals surface area contributed by atoms with Gasteiger partial charge in [-0.15, -0.1) is 0 Å². The molecule has 0 N–H and O–H groups in total. The molecule has 2 aromatic heterocycles. The number of rotatable bonds is 8. The Hall–Kier alpha value is -2.91. The molecule has 1 saturated heterocycles. The van der Waals surface area contributed by atoms with Crippen molar-refractivity contribution in [1.82, 2.24) is 23.7 Å². The van der Waals surface area contributed by atoms with Crippen LogP contribution in [0.25, 0.3) is 10.8 Å². The molecule has 0 bridgehead atoms. The van der Waals surface area contributed by atoms with E-state index in [0.717, 1.165) is 42.5 Å². The Morgan fingerprint density at radius 2 is 1.86 bits per heavy atom. The Bertz CT molecular complexity index is 1210. The van der Waals surface area contributed by atoms with E-state index in [1.165, 1.54) is 23.7 Å². The monoisotopic (exact) mass is 523 g/mol. The number of piperidine rings is 1. The summed E-state index contributed by atoms with van der Waals surface area (Å²) in [7, 11) is 0. The molecular formula is C28H37N5O3S. The summed E-state index contributed by atoms with van der Waals surface area (Å²) in [5, 5.41) is 1.97. The summed E-state index contributed by atoms with van der Waals surface area (Å²) in [6.45, 7) is 9.77. The molecule has 0 aliphatic carbocycles. The number of aromatic nitrogens is 3. The van der Waals surface area contributed by atoms with Crippen LogP contribution in [0.4, 0.5) is 4.79 Å². The zero-order valence-electron chi connectivity index (χ0n) is 22.2. The van der Waals surface area contributed by atoms with Crippen molar-refractivity contribution in [3.8, 4) is 0 Å². The first kappa shape index (κ1) is 27.1.